The number of hydrogen-bond acceptors (Lipinski definition) is 4. The van der Waals surface area contributed by atoms with E-state index < -0.39 is 11.7 Å². The maximum Gasteiger partial charge on any atom is 0.418 e. The van der Waals surface area contributed by atoms with Crippen molar-refractivity contribution in [2.45, 2.75) is 32.9 Å². The van der Waals surface area contributed by atoms with Crippen LogP contribution in [0.2, 0.25) is 0 Å². The first-order chi connectivity index (χ1) is 17.7. The molecular weight excluding hydrogens is 479 g/mol. The average Bonchev–Trinajstić information content (AvgIpc) is 3.29. The van der Waals surface area contributed by atoms with Gasteiger partial charge in [0, 0.05) is 35.9 Å². The summed E-state index contributed by atoms with van der Waals surface area (Å²) in [6.45, 7) is 3.32. The topological polar surface area (TPSA) is 63.5 Å². The van der Waals surface area contributed by atoms with Gasteiger partial charge in [-0.2, -0.15) is 13.2 Å². The lowest BCUT2D eigenvalue weighted by Gasteiger charge is -2.16. The van der Waals surface area contributed by atoms with Crippen molar-refractivity contribution in [3.05, 3.63) is 101 Å². The highest BCUT2D eigenvalue weighted by atomic mass is 19.4. The number of aryl methyl sites for hydroxylation is 1. The second-order valence-corrected chi connectivity index (χ2v) is 8.58. The van der Waals surface area contributed by atoms with E-state index in [2.05, 4.69) is 22.1 Å². The predicted molar refractivity (Wildman–Crippen MR) is 136 cm³/mol. The van der Waals surface area contributed by atoms with Crippen LogP contribution in [-0.4, -0.2) is 27.5 Å². The number of anilines is 1. The minimum Gasteiger partial charge on any atom is -0.377 e. The molecule has 0 saturated carbocycles. The summed E-state index contributed by atoms with van der Waals surface area (Å²) >= 11 is 0. The molecule has 0 amide bonds. The number of rotatable bonds is 7. The molecule has 0 unspecified atom stereocenters. The molecule has 4 rings (SSSR count). The SMILES string of the molecule is CCC(=O)CNc1ccc(CC(=O)c2ccc(C)c(C#Cc3cnc4ccccn34)c2)cc1C(F)(F)F. The third-order valence-corrected chi connectivity index (χ3v) is 5.93. The number of imidazole rings is 1. The summed E-state index contributed by atoms with van der Waals surface area (Å²) in [5, 5.41) is 2.56. The maximum absolute atomic E-state index is 13.7. The van der Waals surface area contributed by atoms with Gasteiger partial charge in [0.25, 0.3) is 0 Å². The Labute approximate surface area is 212 Å². The van der Waals surface area contributed by atoms with Crippen molar-refractivity contribution >= 4 is 22.9 Å². The zero-order chi connectivity index (χ0) is 26.6. The number of hydrogen-bond donors (Lipinski definition) is 1. The summed E-state index contributed by atoms with van der Waals surface area (Å²) in [6.07, 6.45) is -1.09. The molecule has 37 heavy (non-hydrogen) atoms. The molecule has 0 saturated heterocycles. The normalized spacial score (nSPS) is 11.2. The first-order valence-corrected chi connectivity index (χ1v) is 11.7. The van der Waals surface area contributed by atoms with Crippen molar-refractivity contribution in [2.24, 2.45) is 0 Å². The minimum absolute atomic E-state index is 0.189. The third kappa shape index (κ3) is 6.07. The summed E-state index contributed by atoms with van der Waals surface area (Å²) in [5.74, 6) is 5.63. The number of pyridine rings is 1. The van der Waals surface area contributed by atoms with Gasteiger partial charge in [-0.3, -0.25) is 14.0 Å². The lowest BCUT2D eigenvalue weighted by atomic mass is 9.97. The zero-order valence-corrected chi connectivity index (χ0v) is 20.3. The van der Waals surface area contributed by atoms with Crippen LogP contribution >= 0.6 is 0 Å². The molecule has 2 aromatic heterocycles. The lowest BCUT2D eigenvalue weighted by Crippen LogP contribution is -2.17. The number of aromatic nitrogens is 2. The summed E-state index contributed by atoms with van der Waals surface area (Å²) in [5.41, 5.74) is 2.46. The van der Waals surface area contributed by atoms with E-state index in [9.17, 15) is 22.8 Å². The van der Waals surface area contributed by atoms with Gasteiger partial charge in [0.05, 0.1) is 18.3 Å². The van der Waals surface area contributed by atoms with Gasteiger partial charge in [0.2, 0.25) is 0 Å². The highest BCUT2D eigenvalue weighted by molar-refractivity contribution is 5.98. The van der Waals surface area contributed by atoms with E-state index in [1.54, 1.807) is 31.3 Å². The maximum atomic E-state index is 13.7. The van der Waals surface area contributed by atoms with Gasteiger partial charge in [-0.1, -0.05) is 37.1 Å². The summed E-state index contributed by atoms with van der Waals surface area (Å²) < 4.78 is 42.8. The molecule has 188 valence electrons. The van der Waals surface area contributed by atoms with Crippen molar-refractivity contribution in [1.82, 2.24) is 9.38 Å². The quantitative estimate of drug-likeness (QED) is 0.253. The number of halogens is 3. The van der Waals surface area contributed by atoms with Crippen LogP contribution < -0.4 is 5.32 Å². The lowest BCUT2D eigenvalue weighted by molar-refractivity contribution is -0.137. The average molecular weight is 504 g/mol. The Morgan fingerprint density at radius 3 is 2.62 bits per heavy atom. The molecule has 0 radical (unpaired) electrons. The van der Waals surface area contributed by atoms with Crippen molar-refractivity contribution < 1.29 is 22.8 Å². The molecule has 0 aliphatic carbocycles. The van der Waals surface area contributed by atoms with Crippen molar-refractivity contribution in [3.8, 4) is 11.8 Å². The molecule has 1 N–H and O–H groups in total. The van der Waals surface area contributed by atoms with Gasteiger partial charge in [-0.05, 0) is 54.3 Å². The number of benzene rings is 2. The third-order valence-electron chi connectivity index (χ3n) is 5.93. The number of nitrogens with one attached hydrogen (secondary N) is 1. The zero-order valence-electron chi connectivity index (χ0n) is 20.3. The summed E-state index contributed by atoms with van der Waals surface area (Å²) in [4.78, 5) is 28.8. The molecule has 0 spiro atoms. The van der Waals surface area contributed by atoms with E-state index in [1.165, 1.54) is 12.1 Å². The standard InChI is InChI=1S/C29H24F3N3O2/c1-3-24(36)18-33-26-12-8-20(14-25(26)29(30,31)32)15-27(37)22-9-7-19(2)21(16-22)10-11-23-17-34-28-6-4-5-13-35(23)28/h4-9,12-14,16-17,33H,3,15,18H2,1-2H3. The molecule has 2 heterocycles. The van der Waals surface area contributed by atoms with Gasteiger partial charge in [0.15, 0.2) is 11.6 Å². The van der Waals surface area contributed by atoms with Crippen LogP contribution in [0.4, 0.5) is 18.9 Å². The molecule has 0 aliphatic rings. The molecule has 0 fully saturated rings. The molecule has 2 aromatic carbocycles. The smallest absolute Gasteiger partial charge is 0.377 e. The van der Waals surface area contributed by atoms with Gasteiger partial charge < -0.3 is 5.32 Å². The Hall–Kier alpha value is -4.38. The molecule has 0 atom stereocenters. The fourth-order valence-electron chi connectivity index (χ4n) is 3.78. The molecule has 5 nitrogen and oxygen atoms in total. The Morgan fingerprint density at radius 1 is 1.05 bits per heavy atom. The fourth-order valence-corrected chi connectivity index (χ4v) is 3.78. The monoisotopic (exact) mass is 503 g/mol. The van der Waals surface area contributed by atoms with Crippen molar-refractivity contribution in [3.63, 3.8) is 0 Å². The Kier molecular flexibility index (Phi) is 7.44. The van der Waals surface area contributed by atoms with Crippen LogP contribution in [-0.2, 0) is 17.4 Å². The van der Waals surface area contributed by atoms with E-state index >= 15 is 0 Å². The second-order valence-electron chi connectivity index (χ2n) is 8.58. The Bertz CT molecular complexity index is 1540. The van der Waals surface area contributed by atoms with E-state index in [4.69, 9.17) is 0 Å². The summed E-state index contributed by atoms with van der Waals surface area (Å²) in [7, 11) is 0. The number of carbonyl (C=O) groups excluding carboxylic acids is 2. The molecular formula is C29H24F3N3O2. The largest absolute Gasteiger partial charge is 0.418 e. The van der Waals surface area contributed by atoms with E-state index in [-0.39, 0.29) is 42.2 Å². The van der Waals surface area contributed by atoms with Gasteiger partial charge in [0.1, 0.15) is 11.3 Å². The number of alkyl halides is 3. The highest BCUT2D eigenvalue weighted by Crippen LogP contribution is 2.35. The molecule has 8 heteroatoms. The van der Waals surface area contributed by atoms with Crippen molar-refractivity contribution in [1.29, 1.82) is 0 Å². The Balaban J connectivity index is 1.56. The van der Waals surface area contributed by atoms with Crippen LogP contribution in [0.3, 0.4) is 0 Å². The number of carbonyl (C=O) groups is 2. The molecule has 0 aliphatic heterocycles. The van der Waals surface area contributed by atoms with E-state index in [0.29, 0.717) is 16.8 Å². The van der Waals surface area contributed by atoms with E-state index in [1.807, 2.05) is 35.7 Å². The van der Waals surface area contributed by atoms with Crippen LogP contribution in [0.5, 0.6) is 0 Å². The number of Topliss-reactive ketones (excluding diaryl/α,β-unsaturated/α-hetero) is 2. The van der Waals surface area contributed by atoms with Crippen LogP contribution in [0, 0.1) is 18.8 Å². The van der Waals surface area contributed by atoms with Gasteiger partial charge in [-0.15, -0.1) is 0 Å². The number of fused-ring (bicyclic) bond motifs is 1. The fraction of sp³-hybridized carbons (Fsp3) is 0.207. The second kappa shape index (κ2) is 10.7. The summed E-state index contributed by atoms with van der Waals surface area (Å²) in [6, 6.07) is 14.4. The highest BCUT2D eigenvalue weighted by Gasteiger charge is 2.34. The first-order valence-electron chi connectivity index (χ1n) is 11.7. The number of nitrogens with zero attached hydrogens (tertiary/aromatic N) is 2. The predicted octanol–water partition coefficient (Wildman–Crippen LogP) is 5.88. The minimum atomic E-state index is -4.64. The molecule has 4 aromatic rings. The van der Waals surface area contributed by atoms with Gasteiger partial charge in [-0.25, -0.2) is 4.98 Å². The van der Waals surface area contributed by atoms with Crippen LogP contribution in [0.1, 0.15) is 51.7 Å². The van der Waals surface area contributed by atoms with Crippen molar-refractivity contribution in [2.75, 3.05) is 11.9 Å². The number of ketones is 2. The van der Waals surface area contributed by atoms with Crippen LogP contribution in [0.25, 0.3) is 5.65 Å². The molecule has 0 bridgehead atoms. The van der Waals surface area contributed by atoms with E-state index in [0.717, 1.165) is 17.3 Å². The van der Waals surface area contributed by atoms with Gasteiger partial charge >= 0.3 is 6.18 Å². The first kappa shape index (κ1) is 25.7. The van der Waals surface area contributed by atoms with Crippen LogP contribution in [0.15, 0.2) is 67.0 Å². The Morgan fingerprint density at radius 2 is 1.86 bits per heavy atom.